The van der Waals surface area contributed by atoms with Crippen LogP contribution in [0.5, 0.6) is 11.5 Å². The molecule has 2 aromatic carbocycles. The highest BCUT2D eigenvalue weighted by Crippen LogP contribution is 2.23. The summed E-state index contributed by atoms with van der Waals surface area (Å²) in [5.41, 5.74) is 4.27. The van der Waals surface area contributed by atoms with Crippen LogP contribution < -0.4 is 14.9 Å². The van der Waals surface area contributed by atoms with E-state index in [2.05, 4.69) is 10.5 Å². The Kier molecular flexibility index (Phi) is 6.09. The van der Waals surface area contributed by atoms with E-state index in [0.717, 1.165) is 5.56 Å². The van der Waals surface area contributed by atoms with E-state index in [0.29, 0.717) is 34.1 Å². The Morgan fingerprint density at radius 1 is 0.931 bits per heavy atom. The number of benzene rings is 2. The summed E-state index contributed by atoms with van der Waals surface area (Å²) in [7, 11) is 3.02. The summed E-state index contributed by atoms with van der Waals surface area (Å²) < 4.78 is 16.0. The highest BCUT2D eigenvalue weighted by atomic mass is 16.5. The van der Waals surface area contributed by atoms with E-state index in [-0.39, 0.29) is 5.78 Å². The summed E-state index contributed by atoms with van der Waals surface area (Å²) in [6, 6.07) is 15.5. The predicted molar refractivity (Wildman–Crippen MR) is 109 cm³/mol. The molecule has 148 valence electrons. The number of Topliss-reactive ketones (excluding diaryl/α,β-unsaturated/α-hetero) is 1. The Morgan fingerprint density at radius 3 is 2.17 bits per heavy atom. The van der Waals surface area contributed by atoms with Gasteiger partial charge >= 0.3 is 0 Å². The number of hydrazone groups is 1. The van der Waals surface area contributed by atoms with E-state index in [9.17, 15) is 9.59 Å². The van der Waals surface area contributed by atoms with Crippen LogP contribution >= 0.6 is 0 Å². The number of hydrogen-bond donors (Lipinski definition) is 1. The Hall–Kier alpha value is -3.87. The normalized spacial score (nSPS) is 10.7. The molecular weight excluding hydrogens is 372 g/mol. The van der Waals surface area contributed by atoms with Crippen molar-refractivity contribution in [2.75, 3.05) is 14.2 Å². The van der Waals surface area contributed by atoms with Crippen LogP contribution in [0.1, 0.15) is 33.4 Å². The van der Waals surface area contributed by atoms with Crippen LogP contribution in [0.2, 0.25) is 0 Å². The lowest BCUT2D eigenvalue weighted by Crippen LogP contribution is -2.17. The molecule has 1 N–H and O–H groups in total. The Morgan fingerprint density at radius 2 is 1.59 bits per heavy atom. The number of amides is 1. The molecule has 0 fully saturated rings. The minimum atomic E-state index is -0.412. The van der Waals surface area contributed by atoms with Crippen molar-refractivity contribution in [1.82, 2.24) is 5.43 Å². The number of ketones is 1. The number of carbonyl (C=O) groups is 2. The molecule has 0 saturated carbocycles. The Bertz CT molecular complexity index is 1030. The monoisotopic (exact) mass is 392 g/mol. The van der Waals surface area contributed by atoms with Gasteiger partial charge in [-0.25, -0.2) is 5.43 Å². The zero-order valence-electron chi connectivity index (χ0n) is 16.3. The van der Waals surface area contributed by atoms with Gasteiger partial charge in [0.25, 0.3) is 5.91 Å². The van der Waals surface area contributed by atoms with Crippen molar-refractivity contribution < 1.29 is 23.5 Å². The van der Waals surface area contributed by atoms with Crippen LogP contribution in [0.4, 0.5) is 0 Å². The molecule has 0 bridgehead atoms. The molecule has 0 radical (unpaired) electrons. The number of carbonyl (C=O) groups excluding carboxylic acids is 2. The maximum atomic E-state index is 12.3. The van der Waals surface area contributed by atoms with E-state index < -0.39 is 5.91 Å². The minimum absolute atomic E-state index is 0.00761. The first-order valence-corrected chi connectivity index (χ1v) is 8.78. The first-order valence-electron chi connectivity index (χ1n) is 8.78. The third-order valence-corrected chi connectivity index (χ3v) is 4.17. The van der Waals surface area contributed by atoms with Crippen molar-refractivity contribution in [2.45, 2.75) is 6.92 Å². The Balaban J connectivity index is 1.67. The molecule has 0 unspecified atom stereocenters. The number of ether oxygens (including phenoxy) is 2. The van der Waals surface area contributed by atoms with Gasteiger partial charge in [-0.2, -0.15) is 5.10 Å². The summed E-state index contributed by atoms with van der Waals surface area (Å²) >= 11 is 0. The van der Waals surface area contributed by atoms with Crippen molar-refractivity contribution in [3.63, 3.8) is 0 Å². The molecule has 29 heavy (non-hydrogen) atoms. The quantitative estimate of drug-likeness (QED) is 0.374. The number of rotatable bonds is 7. The third-order valence-electron chi connectivity index (χ3n) is 4.17. The van der Waals surface area contributed by atoms with Gasteiger partial charge in [-0.15, -0.1) is 0 Å². The van der Waals surface area contributed by atoms with Gasteiger partial charge in [-0.1, -0.05) is 24.3 Å². The maximum absolute atomic E-state index is 12.3. The average Bonchev–Trinajstić information content (AvgIpc) is 3.22. The number of furan rings is 1. The molecule has 3 aromatic rings. The summed E-state index contributed by atoms with van der Waals surface area (Å²) in [5, 5.41) is 3.93. The lowest BCUT2D eigenvalue weighted by Gasteiger charge is -2.07. The molecule has 3 rings (SSSR count). The number of methoxy groups -OCH3 is 2. The van der Waals surface area contributed by atoms with Crippen LogP contribution in [-0.2, 0) is 0 Å². The van der Waals surface area contributed by atoms with Gasteiger partial charge in [0, 0.05) is 22.8 Å². The maximum Gasteiger partial charge on any atom is 0.271 e. The second kappa shape index (κ2) is 8.88. The van der Waals surface area contributed by atoms with Crippen molar-refractivity contribution in [2.24, 2.45) is 5.10 Å². The minimum Gasteiger partial charge on any atom is -0.497 e. The molecular formula is C22H20N2O5. The fraction of sp³-hybridized carbons (Fsp3) is 0.136. The van der Waals surface area contributed by atoms with E-state index in [1.54, 1.807) is 42.5 Å². The number of nitrogens with zero attached hydrogens (tertiary/aromatic N) is 1. The fourth-order valence-corrected chi connectivity index (χ4v) is 2.60. The van der Waals surface area contributed by atoms with Gasteiger partial charge in [-0.3, -0.25) is 9.59 Å². The number of hydrogen-bond acceptors (Lipinski definition) is 6. The molecule has 0 aliphatic rings. The number of nitrogens with one attached hydrogen (secondary N) is 1. The van der Waals surface area contributed by atoms with Crippen molar-refractivity contribution in [3.8, 4) is 22.8 Å². The molecule has 0 spiro atoms. The van der Waals surface area contributed by atoms with E-state index in [4.69, 9.17) is 13.9 Å². The van der Waals surface area contributed by atoms with Gasteiger partial charge in [0.2, 0.25) is 0 Å². The smallest absolute Gasteiger partial charge is 0.271 e. The average molecular weight is 392 g/mol. The molecule has 0 aliphatic carbocycles. The van der Waals surface area contributed by atoms with Crippen LogP contribution in [0.25, 0.3) is 11.3 Å². The predicted octanol–water partition coefficient (Wildman–Crippen LogP) is 3.93. The molecule has 0 aliphatic heterocycles. The van der Waals surface area contributed by atoms with E-state index >= 15 is 0 Å². The molecule has 7 nitrogen and oxygen atoms in total. The highest BCUT2D eigenvalue weighted by Gasteiger charge is 2.09. The summed E-state index contributed by atoms with van der Waals surface area (Å²) in [5.74, 6) is 1.71. The van der Waals surface area contributed by atoms with Crippen LogP contribution in [0.15, 0.2) is 64.1 Å². The highest BCUT2D eigenvalue weighted by molar-refractivity contribution is 5.96. The SMILES string of the molecule is COc1cc(OC)cc(C(=O)NN=Cc2ccc(-c3ccc(C(C)=O)cc3)o2)c1. The zero-order chi connectivity index (χ0) is 20.8. The van der Waals surface area contributed by atoms with Crippen molar-refractivity contribution >= 4 is 17.9 Å². The lowest BCUT2D eigenvalue weighted by atomic mass is 10.1. The van der Waals surface area contributed by atoms with Gasteiger partial charge < -0.3 is 13.9 Å². The van der Waals surface area contributed by atoms with Gasteiger partial charge in [-0.05, 0) is 31.2 Å². The van der Waals surface area contributed by atoms with Crippen LogP contribution in [-0.4, -0.2) is 32.1 Å². The second-order valence-corrected chi connectivity index (χ2v) is 6.14. The standard InChI is InChI=1S/C22H20N2O5/c1-14(25)15-4-6-16(7-5-15)21-9-8-18(29-21)13-23-24-22(26)17-10-19(27-2)12-20(11-17)28-3/h4-13H,1-3H3,(H,24,26). The summed E-state index contributed by atoms with van der Waals surface area (Å²) in [4.78, 5) is 23.6. The van der Waals surface area contributed by atoms with Crippen molar-refractivity contribution in [3.05, 3.63) is 71.5 Å². The molecule has 1 amide bonds. The largest absolute Gasteiger partial charge is 0.497 e. The molecule has 0 atom stereocenters. The summed E-state index contributed by atoms with van der Waals surface area (Å²) in [6.45, 7) is 1.52. The first kappa shape index (κ1) is 19.9. The topological polar surface area (TPSA) is 90.1 Å². The first-order chi connectivity index (χ1) is 14.0. The molecule has 0 saturated heterocycles. The fourth-order valence-electron chi connectivity index (χ4n) is 2.60. The Labute approximate surface area is 167 Å². The van der Waals surface area contributed by atoms with Gasteiger partial charge in [0.05, 0.1) is 20.4 Å². The van der Waals surface area contributed by atoms with Crippen LogP contribution in [0.3, 0.4) is 0 Å². The molecule has 7 heteroatoms. The third kappa shape index (κ3) is 4.90. The summed E-state index contributed by atoms with van der Waals surface area (Å²) in [6.07, 6.45) is 1.41. The van der Waals surface area contributed by atoms with E-state index in [1.807, 2.05) is 12.1 Å². The van der Waals surface area contributed by atoms with E-state index in [1.165, 1.54) is 27.4 Å². The van der Waals surface area contributed by atoms with Crippen LogP contribution in [0, 0.1) is 0 Å². The van der Waals surface area contributed by atoms with Gasteiger partial charge in [0.1, 0.15) is 23.0 Å². The lowest BCUT2D eigenvalue weighted by molar-refractivity contribution is 0.0953. The zero-order valence-corrected chi connectivity index (χ0v) is 16.3. The van der Waals surface area contributed by atoms with Gasteiger partial charge in [0.15, 0.2) is 5.78 Å². The van der Waals surface area contributed by atoms with Crippen molar-refractivity contribution in [1.29, 1.82) is 0 Å². The molecule has 1 aromatic heterocycles. The molecule has 1 heterocycles. The second-order valence-electron chi connectivity index (χ2n) is 6.14.